The quantitative estimate of drug-likeness (QED) is 0.606. The van der Waals surface area contributed by atoms with Crippen molar-refractivity contribution in [3.8, 4) is 0 Å². The van der Waals surface area contributed by atoms with Crippen LogP contribution in [0.1, 0.15) is 0 Å². The number of rotatable bonds is 2. The van der Waals surface area contributed by atoms with Crippen LogP contribution in [0.4, 0.5) is 0 Å². The van der Waals surface area contributed by atoms with Crippen LogP contribution in [-0.4, -0.2) is 11.1 Å². The summed E-state index contributed by atoms with van der Waals surface area (Å²) in [7, 11) is 0. The third kappa shape index (κ3) is 7.95. The molecular formula is C13H12FeO2+2. The Balaban J connectivity index is 0.000000318. The molecular weight excluding hydrogens is 244 g/mol. The van der Waals surface area contributed by atoms with E-state index < -0.39 is 5.97 Å². The van der Waals surface area contributed by atoms with E-state index in [-0.39, 0.29) is 17.1 Å². The van der Waals surface area contributed by atoms with Crippen molar-refractivity contribution in [1.82, 2.24) is 0 Å². The molecule has 0 atom stereocenters. The van der Waals surface area contributed by atoms with E-state index in [1.54, 1.807) is 6.08 Å². The fourth-order valence-electron chi connectivity index (χ4n) is 0.988. The van der Waals surface area contributed by atoms with E-state index >= 15 is 0 Å². The molecule has 0 unspecified atom stereocenters. The first-order chi connectivity index (χ1) is 7.29. The van der Waals surface area contributed by atoms with Gasteiger partial charge < -0.3 is 5.11 Å². The second-order valence-electron chi connectivity index (χ2n) is 2.85. The first-order valence-electron chi connectivity index (χ1n) is 4.58. The molecule has 3 heteroatoms. The normalized spacial score (nSPS) is 20.2. The van der Waals surface area contributed by atoms with Gasteiger partial charge in [0.25, 0.3) is 0 Å². The van der Waals surface area contributed by atoms with Gasteiger partial charge in [0, 0.05) is 12.0 Å². The Morgan fingerprint density at radius 3 is 1.75 bits per heavy atom. The van der Waals surface area contributed by atoms with E-state index in [2.05, 4.69) is 0 Å². The van der Waals surface area contributed by atoms with Gasteiger partial charge in [-0.25, -0.2) is 4.79 Å². The van der Waals surface area contributed by atoms with E-state index in [4.69, 9.17) is 5.11 Å². The van der Waals surface area contributed by atoms with Gasteiger partial charge in [0.05, 0.1) is 0 Å². The molecule has 2 nitrogen and oxygen atoms in total. The molecule has 0 spiro atoms. The van der Waals surface area contributed by atoms with Crippen LogP contribution in [0.15, 0.2) is 12.2 Å². The van der Waals surface area contributed by atoms with Gasteiger partial charge in [-0.2, -0.15) is 0 Å². The number of carboxylic acids is 1. The average molecular weight is 256 g/mol. The fraction of sp³-hybridized carbons (Fsp3) is 0. The third-order valence-corrected chi connectivity index (χ3v) is 1.66. The summed E-state index contributed by atoms with van der Waals surface area (Å²) in [6.07, 6.45) is 20.1. The van der Waals surface area contributed by atoms with Crippen molar-refractivity contribution in [1.29, 1.82) is 0 Å². The molecule has 2 aliphatic rings. The van der Waals surface area contributed by atoms with Crippen LogP contribution in [0, 0.1) is 63.7 Å². The minimum Gasteiger partial charge on any atom is -0.478 e. The van der Waals surface area contributed by atoms with Crippen LogP contribution in [0.25, 0.3) is 0 Å². The molecule has 2 saturated carbocycles. The smallest absolute Gasteiger partial charge is 0.478 e. The molecule has 0 aromatic carbocycles. The van der Waals surface area contributed by atoms with Gasteiger partial charge in [0.15, 0.2) is 0 Å². The van der Waals surface area contributed by atoms with Crippen molar-refractivity contribution in [2.24, 2.45) is 0 Å². The van der Waals surface area contributed by atoms with Crippen molar-refractivity contribution in [2.45, 2.75) is 0 Å². The maximum atomic E-state index is 10.0. The zero-order valence-corrected chi connectivity index (χ0v) is 9.66. The van der Waals surface area contributed by atoms with Crippen molar-refractivity contribution >= 4 is 5.97 Å². The van der Waals surface area contributed by atoms with Crippen LogP contribution in [0.3, 0.4) is 0 Å². The standard InChI is InChI=1S/C8H7O2.C5H5.Fe/c9-8(10)6-5-7-3-1-2-4-7;1-2-4-5-3-1;/h1-6H,(H,9,10);1-5H;/q;;+2/b6-5+;;. The Kier molecular flexibility index (Phi) is 9.75. The van der Waals surface area contributed by atoms with Crippen molar-refractivity contribution < 1.29 is 27.0 Å². The molecule has 82 valence electrons. The largest absolute Gasteiger partial charge is 2.00 e. The Bertz CT molecular complexity index is 196. The first kappa shape index (κ1) is 15.7. The summed E-state index contributed by atoms with van der Waals surface area (Å²) in [5.74, 6) is 0.00333. The molecule has 0 heterocycles. The zero-order chi connectivity index (χ0) is 10.9. The zero-order valence-electron chi connectivity index (χ0n) is 8.56. The molecule has 16 heavy (non-hydrogen) atoms. The molecule has 2 fully saturated rings. The van der Waals surface area contributed by atoms with E-state index in [9.17, 15) is 4.79 Å². The number of carboxylic acid groups (broad SMARTS) is 1. The van der Waals surface area contributed by atoms with E-state index in [1.165, 1.54) is 0 Å². The SMILES string of the molecule is O=C(O)/C=C/[C]1[CH][CH][CH][CH]1.[CH]1[CH][CH][CH][CH]1.[Fe+2]. The second kappa shape index (κ2) is 9.92. The fourth-order valence-corrected chi connectivity index (χ4v) is 0.988. The van der Waals surface area contributed by atoms with Gasteiger partial charge in [0.1, 0.15) is 0 Å². The van der Waals surface area contributed by atoms with Crippen LogP contribution >= 0.6 is 0 Å². The number of allylic oxidation sites excluding steroid dienone is 1. The van der Waals surface area contributed by atoms with Crippen LogP contribution < -0.4 is 0 Å². The predicted octanol–water partition coefficient (Wildman–Crippen LogP) is 2.05. The Morgan fingerprint density at radius 2 is 1.38 bits per heavy atom. The number of aliphatic carboxylic acids is 1. The second-order valence-corrected chi connectivity index (χ2v) is 2.85. The first-order valence-corrected chi connectivity index (χ1v) is 4.58. The molecule has 0 aromatic rings. The van der Waals surface area contributed by atoms with Crippen molar-refractivity contribution in [3.05, 3.63) is 75.9 Å². The van der Waals surface area contributed by atoms with Gasteiger partial charge in [-0.15, -0.1) is 0 Å². The summed E-state index contributed by atoms with van der Waals surface area (Å²) in [6, 6.07) is 0. The molecule has 10 radical (unpaired) electrons. The topological polar surface area (TPSA) is 37.3 Å². The van der Waals surface area contributed by atoms with Gasteiger partial charge in [-0.3, -0.25) is 0 Å². The molecule has 0 amide bonds. The van der Waals surface area contributed by atoms with Crippen molar-refractivity contribution in [2.75, 3.05) is 0 Å². The molecule has 2 aliphatic carbocycles. The Morgan fingerprint density at radius 1 is 0.938 bits per heavy atom. The molecule has 2 rings (SSSR count). The summed E-state index contributed by atoms with van der Waals surface area (Å²) in [4.78, 5) is 10.0. The molecule has 0 bridgehead atoms. The Labute approximate surface area is 109 Å². The molecule has 0 aromatic heterocycles. The van der Waals surface area contributed by atoms with E-state index in [0.29, 0.717) is 0 Å². The summed E-state index contributed by atoms with van der Waals surface area (Å²) < 4.78 is 0. The minimum atomic E-state index is -0.916. The van der Waals surface area contributed by atoms with Gasteiger partial charge in [-0.05, 0) is 57.8 Å². The summed E-state index contributed by atoms with van der Waals surface area (Å²) in [5, 5.41) is 8.23. The van der Waals surface area contributed by atoms with Gasteiger partial charge in [0.2, 0.25) is 0 Å². The van der Waals surface area contributed by atoms with Gasteiger partial charge >= 0.3 is 23.0 Å². The monoisotopic (exact) mass is 256 g/mol. The van der Waals surface area contributed by atoms with Crippen molar-refractivity contribution in [3.63, 3.8) is 0 Å². The molecule has 0 saturated heterocycles. The average Bonchev–Trinajstić information content (AvgIpc) is 2.91. The molecule has 1 N–H and O–H groups in total. The van der Waals surface area contributed by atoms with E-state index in [1.807, 2.05) is 57.8 Å². The maximum Gasteiger partial charge on any atom is 2.00 e. The molecule has 0 aliphatic heterocycles. The number of carbonyl (C=O) groups is 1. The Hall–Kier alpha value is -0.271. The van der Waals surface area contributed by atoms with Gasteiger partial charge in [-0.1, -0.05) is 6.08 Å². The maximum absolute atomic E-state index is 10.0. The summed E-state index contributed by atoms with van der Waals surface area (Å²) in [6.45, 7) is 0. The van der Waals surface area contributed by atoms with Crippen LogP contribution in [0.5, 0.6) is 0 Å². The summed E-state index contributed by atoms with van der Waals surface area (Å²) >= 11 is 0. The number of hydrogen-bond donors (Lipinski definition) is 1. The minimum absolute atomic E-state index is 0. The predicted molar refractivity (Wildman–Crippen MR) is 58.7 cm³/mol. The van der Waals surface area contributed by atoms with E-state index in [0.717, 1.165) is 12.0 Å². The number of hydrogen-bond acceptors (Lipinski definition) is 1. The van der Waals surface area contributed by atoms with Crippen LogP contribution in [-0.2, 0) is 21.9 Å². The van der Waals surface area contributed by atoms with Crippen LogP contribution in [0.2, 0.25) is 0 Å². The third-order valence-electron chi connectivity index (χ3n) is 1.66. The summed E-state index contributed by atoms with van der Waals surface area (Å²) in [5.41, 5.74) is 0.